The lowest BCUT2D eigenvalue weighted by Gasteiger charge is -2.05. The molecule has 1 aromatic heterocycles. The molecule has 0 saturated heterocycles. The van der Waals surface area contributed by atoms with Crippen LogP contribution in [0.15, 0.2) is 12.4 Å². The standard InChI is InChI=1S/C5H4F3N3O/c6-5(7,8)11-4(12)3-1-9-10-2-3/h1-2H,(H,9,10)(H,11,12). The molecule has 0 bridgehead atoms. The molecular weight excluding hydrogens is 175 g/mol. The largest absolute Gasteiger partial charge is 0.484 e. The highest BCUT2D eigenvalue weighted by atomic mass is 19.4. The second kappa shape index (κ2) is 2.84. The van der Waals surface area contributed by atoms with E-state index in [-0.39, 0.29) is 5.56 Å². The van der Waals surface area contributed by atoms with Gasteiger partial charge in [-0.05, 0) is 0 Å². The molecule has 4 nitrogen and oxygen atoms in total. The third kappa shape index (κ3) is 2.26. The van der Waals surface area contributed by atoms with Gasteiger partial charge >= 0.3 is 6.30 Å². The molecule has 1 rings (SSSR count). The maximum atomic E-state index is 11.5. The molecule has 66 valence electrons. The fraction of sp³-hybridized carbons (Fsp3) is 0.200. The summed E-state index contributed by atoms with van der Waals surface area (Å²) in [5.74, 6) is -1.23. The molecule has 0 aromatic carbocycles. The summed E-state index contributed by atoms with van der Waals surface area (Å²) in [5.41, 5.74) is -0.160. The number of hydrogen-bond donors (Lipinski definition) is 2. The number of carbonyl (C=O) groups excluding carboxylic acids is 1. The Hall–Kier alpha value is -1.53. The van der Waals surface area contributed by atoms with Crippen LogP contribution < -0.4 is 5.32 Å². The summed E-state index contributed by atoms with van der Waals surface area (Å²) in [5, 5.41) is 6.36. The zero-order chi connectivity index (χ0) is 9.19. The molecule has 0 aliphatic rings. The molecule has 0 aliphatic heterocycles. The molecule has 1 amide bonds. The summed E-state index contributed by atoms with van der Waals surface area (Å²) < 4.78 is 34.6. The predicted molar refractivity (Wildman–Crippen MR) is 32.1 cm³/mol. The first-order chi connectivity index (χ1) is 5.49. The number of alkyl halides is 3. The SMILES string of the molecule is O=C(NC(F)(F)F)c1cn[nH]c1. The highest BCUT2D eigenvalue weighted by molar-refractivity contribution is 5.93. The molecule has 1 heterocycles. The van der Waals surface area contributed by atoms with Gasteiger partial charge < -0.3 is 0 Å². The normalized spacial score (nSPS) is 11.2. The number of hydrogen-bond acceptors (Lipinski definition) is 2. The van der Waals surface area contributed by atoms with Gasteiger partial charge in [0.2, 0.25) is 0 Å². The van der Waals surface area contributed by atoms with Gasteiger partial charge in [-0.2, -0.15) is 18.3 Å². The Balaban J connectivity index is 2.63. The maximum Gasteiger partial charge on any atom is 0.484 e. The van der Waals surface area contributed by atoms with Crippen molar-refractivity contribution < 1.29 is 18.0 Å². The molecule has 1 aromatic rings. The highest BCUT2D eigenvalue weighted by Crippen LogP contribution is 2.10. The van der Waals surface area contributed by atoms with E-state index in [4.69, 9.17) is 0 Å². The summed E-state index contributed by atoms with van der Waals surface area (Å²) >= 11 is 0. The van der Waals surface area contributed by atoms with E-state index in [0.29, 0.717) is 0 Å². The average Bonchev–Trinajstić information content (AvgIpc) is 2.32. The number of aromatic amines is 1. The van der Waals surface area contributed by atoms with E-state index >= 15 is 0 Å². The molecule has 7 heteroatoms. The van der Waals surface area contributed by atoms with Crippen molar-refractivity contribution in [2.75, 3.05) is 0 Å². The Morgan fingerprint density at radius 3 is 2.67 bits per heavy atom. The van der Waals surface area contributed by atoms with Gasteiger partial charge in [0.25, 0.3) is 5.91 Å². The molecular formula is C5H4F3N3O. The van der Waals surface area contributed by atoms with E-state index in [1.807, 2.05) is 0 Å². The Morgan fingerprint density at radius 1 is 1.58 bits per heavy atom. The van der Waals surface area contributed by atoms with Gasteiger partial charge in [-0.15, -0.1) is 0 Å². The molecule has 0 spiro atoms. The van der Waals surface area contributed by atoms with Crippen LogP contribution in [0.5, 0.6) is 0 Å². The van der Waals surface area contributed by atoms with Crippen LogP contribution in [0.2, 0.25) is 0 Å². The van der Waals surface area contributed by atoms with Crippen molar-refractivity contribution in [2.24, 2.45) is 0 Å². The summed E-state index contributed by atoms with van der Waals surface area (Å²) in [6, 6.07) is 0. The highest BCUT2D eigenvalue weighted by Gasteiger charge is 2.30. The minimum Gasteiger partial charge on any atom is -0.285 e. The first kappa shape index (κ1) is 8.57. The summed E-state index contributed by atoms with van der Waals surface area (Å²) in [6.45, 7) is 0. The Kier molecular flexibility index (Phi) is 2.03. The Labute approximate surface area is 64.8 Å². The predicted octanol–water partition coefficient (Wildman–Crippen LogP) is 0.659. The maximum absolute atomic E-state index is 11.5. The van der Waals surface area contributed by atoms with Crippen LogP contribution in [0.4, 0.5) is 13.2 Å². The van der Waals surface area contributed by atoms with Crippen molar-refractivity contribution in [2.45, 2.75) is 6.30 Å². The molecule has 0 atom stereocenters. The number of amides is 1. The number of H-pyrrole nitrogens is 1. The molecule has 2 N–H and O–H groups in total. The van der Waals surface area contributed by atoms with Crippen LogP contribution in [-0.4, -0.2) is 22.4 Å². The molecule has 0 fully saturated rings. The third-order valence-electron chi connectivity index (χ3n) is 1.02. The van der Waals surface area contributed by atoms with Crippen LogP contribution in [0, 0.1) is 0 Å². The topological polar surface area (TPSA) is 57.8 Å². The average molecular weight is 179 g/mol. The van der Waals surface area contributed by atoms with Crippen LogP contribution in [-0.2, 0) is 0 Å². The first-order valence-corrected chi connectivity index (χ1v) is 2.87. The van der Waals surface area contributed by atoms with Gasteiger partial charge in [0.1, 0.15) is 0 Å². The number of aromatic nitrogens is 2. The van der Waals surface area contributed by atoms with Gasteiger partial charge in [-0.25, -0.2) is 0 Å². The van der Waals surface area contributed by atoms with E-state index in [9.17, 15) is 18.0 Å². The molecule has 0 saturated carbocycles. The molecule has 12 heavy (non-hydrogen) atoms. The monoisotopic (exact) mass is 179 g/mol. The van der Waals surface area contributed by atoms with Crippen molar-refractivity contribution in [3.05, 3.63) is 18.0 Å². The second-order valence-corrected chi connectivity index (χ2v) is 1.94. The second-order valence-electron chi connectivity index (χ2n) is 1.94. The van der Waals surface area contributed by atoms with Crippen molar-refractivity contribution in [1.29, 1.82) is 0 Å². The van der Waals surface area contributed by atoms with E-state index in [1.54, 1.807) is 0 Å². The van der Waals surface area contributed by atoms with Crippen molar-refractivity contribution in [3.8, 4) is 0 Å². The molecule has 0 unspecified atom stereocenters. The van der Waals surface area contributed by atoms with Crippen LogP contribution >= 0.6 is 0 Å². The minimum atomic E-state index is -4.70. The van der Waals surface area contributed by atoms with E-state index in [0.717, 1.165) is 17.7 Å². The number of carbonyl (C=O) groups is 1. The number of nitrogens with zero attached hydrogens (tertiary/aromatic N) is 1. The van der Waals surface area contributed by atoms with Crippen molar-refractivity contribution >= 4 is 5.91 Å². The van der Waals surface area contributed by atoms with Crippen LogP contribution in [0.25, 0.3) is 0 Å². The third-order valence-corrected chi connectivity index (χ3v) is 1.02. The van der Waals surface area contributed by atoms with Crippen molar-refractivity contribution in [1.82, 2.24) is 15.5 Å². The zero-order valence-corrected chi connectivity index (χ0v) is 5.64. The van der Waals surface area contributed by atoms with Gasteiger partial charge in [-0.1, -0.05) is 0 Å². The van der Waals surface area contributed by atoms with Crippen molar-refractivity contribution in [3.63, 3.8) is 0 Å². The summed E-state index contributed by atoms with van der Waals surface area (Å²) in [4.78, 5) is 10.6. The van der Waals surface area contributed by atoms with E-state index < -0.39 is 12.2 Å². The number of rotatable bonds is 1. The Bertz CT molecular complexity index is 266. The fourth-order valence-corrected chi connectivity index (χ4v) is 0.576. The van der Waals surface area contributed by atoms with Gasteiger partial charge in [-0.3, -0.25) is 15.2 Å². The minimum absolute atomic E-state index is 0.160. The van der Waals surface area contributed by atoms with E-state index in [1.165, 1.54) is 0 Å². The smallest absolute Gasteiger partial charge is 0.285 e. The first-order valence-electron chi connectivity index (χ1n) is 2.87. The van der Waals surface area contributed by atoms with Gasteiger partial charge in [0.05, 0.1) is 11.8 Å². The van der Waals surface area contributed by atoms with E-state index in [2.05, 4.69) is 10.2 Å². The molecule has 0 aliphatic carbocycles. The zero-order valence-electron chi connectivity index (χ0n) is 5.64. The lowest BCUT2D eigenvalue weighted by atomic mass is 10.3. The van der Waals surface area contributed by atoms with Crippen LogP contribution in [0.1, 0.15) is 10.4 Å². The number of halogens is 3. The van der Waals surface area contributed by atoms with Crippen LogP contribution in [0.3, 0.4) is 0 Å². The quantitative estimate of drug-likeness (QED) is 0.622. The lowest BCUT2D eigenvalue weighted by molar-refractivity contribution is -0.146. The Morgan fingerprint density at radius 2 is 2.25 bits per heavy atom. The fourth-order valence-electron chi connectivity index (χ4n) is 0.576. The van der Waals surface area contributed by atoms with Gasteiger partial charge in [0, 0.05) is 6.20 Å². The summed E-state index contributed by atoms with van der Waals surface area (Å²) in [7, 11) is 0. The number of nitrogens with one attached hydrogen (secondary N) is 2. The molecule has 0 radical (unpaired) electrons. The summed E-state index contributed by atoms with van der Waals surface area (Å²) in [6.07, 6.45) is -2.63. The lowest BCUT2D eigenvalue weighted by Crippen LogP contribution is -2.36. The van der Waals surface area contributed by atoms with Gasteiger partial charge in [0.15, 0.2) is 0 Å².